The first-order valence-corrected chi connectivity index (χ1v) is 10.0. The average molecular weight is 422 g/mol. The lowest BCUT2D eigenvalue weighted by atomic mass is 9.96. The lowest BCUT2D eigenvalue weighted by Crippen LogP contribution is -2.41. The Morgan fingerprint density at radius 3 is 2.76 bits per heavy atom. The van der Waals surface area contributed by atoms with Gasteiger partial charge in [0.1, 0.15) is 0 Å². The second-order valence-electron chi connectivity index (χ2n) is 6.59. The first kappa shape index (κ1) is 18.2. The third kappa shape index (κ3) is 4.52. The fourth-order valence-electron chi connectivity index (χ4n) is 2.77. The highest BCUT2D eigenvalue weighted by Crippen LogP contribution is 2.48. The van der Waals surface area contributed by atoms with Crippen LogP contribution in [0.5, 0.6) is 0 Å². The normalized spacial score (nSPS) is 15.8. The van der Waals surface area contributed by atoms with Gasteiger partial charge in [0, 0.05) is 43.0 Å². The van der Waals surface area contributed by atoms with Crippen molar-refractivity contribution >= 4 is 38.4 Å². The first-order chi connectivity index (χ1) is 12.0. The molecule has 0 atom stereocenters. The summed E-state index contributed by atoms with van der Waals surface area (Å²) in [7, 11) is 5.82. The number of aromatic nitrogens is 1. The molecule has 0 aliphatic heterocycles. The van der Waals surface area contributed by atoms with Crippen LogP contribution in [0.1, 0.15) is 24.1 Å². The van der Waals surface area contributed by atoms with Crippen LogP contribution in [0.15, 0.2) is 39.1 Å². The zero-order valence-electron chi connectivity index (χ0n) is 14.8. The average Bonchev–Trinajstić information content (AvgIpc) is 3.24. The Kier molecular flexibility index (Phi) is 5.64. The van der Waals surface area contributed by atoms with Gasteiger partial charge < -0.3 is 15.5 Å². The Morgan fingerprint density at radius 1 is 1.36 bits per heavy atom. The van der Waals surface area contributed by atoms with E-state index in [1.165, 1.54) is 18.4 Å². The minimum atomic E-state index is 0.236. The topological polar surface area (TPSA) is 52.6 Å². The maximum atomic E-state index is 4.59. The van der Waals surface area contributed by atoms with Crippen LogP contribution in [0.25, 0.3) is 0 Å². The number of benzene rings is 1. The second kappa shape index (κ2) is 7.74. The predicted molar refractivity (Wildman–Crippen MR) is 110 cm³/mol. The fraction of sp³-hybridized carbons (Fsp3) is 0.444. The maximum Gasteiger partial charge on any atom is 0.191 e. The number of aliphatic imine (C=N–C) groups is 1. The van der Waals surface area contributed by atoms with Gasteiger partial charge in [0.2, 0.25) is 0 Å². The molecule has 0 saturated heterocycles. The molecule has 1 heterocycles. The SMILES string of the molecule is CN=C(NCc1csc(N(C)C)n1)NCC1(c2cccc(Br)c2)CC1. The van der Waals surface area contributed by atoms with E-state index in [2.05, 4.69) is 66.2 Å². The van der Waals surface area contributed by atoms with Crippen molar-refractivity contribution in [3.05, 3.63) is 45.4 Å². The van der Waals surface area contributed by atoms with Gasteiger partial charge in [0.25, 0.3) is 0 Å². The molecule has 1 aliphatic rings. The monoisotopic (exact) mass is 421 g/mol. The van der Waals surface area contributed by atoms with Crippen LogP contribution in [-0.2, 0) is 12.0 Å². The molecule has 0 radical (unpaired) electrons. The van der Waals surface area contributed by atoms with E-state index in [4.69, 9.17) is 0 Å². The minimum Gasteiger partial charge on any atom is -0.356 e. The molecular weight excluding hydrogens is 398 g/mol. The van der Waals surface area contributed by atoms with Gasteiger partial charge in [-0.3, -0.25) is 4.99 Å². The van der Waals surface area contributed by atoms with Crippen molar-refractivity contribution in [2.45, 2.75) is 24.8 Å². The van der Waals surface area contributed by atoms with Crippen molar-refractivity contribution in [3.8, 4) is 0 Å². The number of nitrogens with zero attached hydrogens (tertiary/aromatic N) is 3. The Bertz CT molecular complexity index is 751. The summed E-state index contributed by atoms with van der Waals surface area (Å²) in [5, 5.41) is 9.94. The molecule has 1 fully saturated rings. The van der Waals surface area contributed by atoms with Gasteiger partial charge in [-0.2, -0.15) is 0 Å². The van der Waals surface area contributed by atoms with E-state index >= 15 is 0 Å². The van der Waals surface area contributed by atoms with E-state index in [0.29, 0.717) is 6.54 Å². The summed E-state index contributed by atoms with van der Waals surface area (Å²) < 4.78 is 1.14. The molecule has 3 rings (SSSR count). The van der Waals surface area contributed by atoms with Crippen molar-refractivity contribution in [2.24, 2.45) is 4.99 Å². The van der Waals surface area contributed by atoms with Crippen molar-refractivity contribution in [1.82, 2.24) is 15.6 Å². The summed E-state index contributed by atoms with van der Waals surface area (Å²) >= 11 is 5.23. The Labute approximate surface area is 161 Å². The van der Waals surface area contributed by atoms with Gasteiger partial charge in [-0.15, -0.1) is 11.3 Å². The molecule has 0 bridgehead atoms. The standard InChI is InChI=1S/C18H24BrN5S/c1-20-16(21-10-15-11-25-17(23-15)24(2)3)22-12-18(7-8-18)13-5-4-6-14(19)9-13/h4-6,9,11H,7-8,10,12H2,1-3H3,(H2,20,21,22). The quantitative estimate of drug-likeness (QED) is 0.554. The number of hydrogen-bond acceptors (Lipinski definition) is 4. The fourth-order valence-corrected chi connectivity index (χ4v) is 3.92. The smallest absolute Gasteiger partial charge is 0.191 e. The molecular formula is C18H24BrN5S. The van der Waals surface area contributed by atoms with Gasteiger partial charge in [-0.05, 0) is 30.5 Å². The largest absolute Gasteiger partial charge is 0.356 e. The predicted octanol–water partition coefficient (Wildman–Crippen LogP) is 3.37. The van der Waals surface area contributed by atoms with Crippen molar-refractivity contribution in [3.63, 3.8) is 0 Å². The Morgan fingerprint density at radius 2 is 2.16 bits per heavy atom. The molecule has 0 spiro atoms. The lowest BCUT2D eigenvalue weighted by Gasteiger charge is -2.19. The minimum absolute atomic E-state index is 0.236. The van der Waals surface area contributed by atoms with Gasteiger partial charge >= 0.3 is 0 Å². The van der Waals surface area contributed by atoms with E-state index < -0.39 is 0 Å². The van der Waals surface area contributed by atoms with E-state index in [1.54, 1.807) is 18.4 Å². The van der Waals surface area contributed by atoms with Crippen LogP contribution < -0.4 is 15.5 Å². The molecule has 2 N–H and O–H groups in total. The van der Waals surface area contributed by atoms with Crippen molar-refractivity contribution < 1.29 is 0 Å². The highest BCUT2D eigenvalue weighted by atomic mass is 79.9. The molecule has 5 nitrogen and oxygen atoms in total. The third-order valence-corrected chi connectivity index (χ3v) is 6.02. The molecule has 2 aromatic rings. The number of anilines is 1. The summed E-state index contributed by atoms with van der Waals surface area (Å²) in [6, 6.07) is 8.62. The number of thiazole rings is 1. The molecule has 1 aromatic carbocycles. The second-order valence-corrected chi connectivity index (χ2v) is 8.34. The van der Waals surface area contributed by atoms with E-state index in [9.17, 15) is 0 Å². The summed E-state index contributed by atoms with van der Waals surface area (Å²) in [5.74, 6) is 0.820. The van der Waals surface area contributed by atoms with Crippen LogP contribution in [0.4, 0.5) is 5.13 Å². The zero-order chi connectivity index (χ0) is 17.9. The van der Waals surface area contributed by atoms with Crippen molar-refractivity contribution in [2.75, 3.05) is 32.6 Å². The number of nitrogens with one attached hydrogen (secondary N) is 2. The number of rotatable bonds is 6. The Balaban J connectivity index is 1.54. The molecule has 1 aromatic heterocycles. The number of guanidine groups is 1. The summed E-state index contributed by atoms with van der Waals surface area (Å²) in [5.41, 5.74) is 2.66. The third-order valence-electron chi connectivity index (χ3n) is 4.47. The van der Waals surface area contributed by atoms with Gasteiger partial charge in [0.05, 0.1) is 12.2 Å². The van der Waals surface area contributed by atoms with Crippen LogP contribution in [0.2, 0.25) is 0 Å². The van der Waals surface area contributed by atoms with Crippen LogP contribution in [0.3, 0.4) is 0 Å². The highest BCUT2D eigenvalue weighted by Gasteiger charge is 2.44. The number of hydrogen-bond donors (Lipinski definition) is 2. The van der Waals surface area contributed by atoms with Gasteiger partial charge in [0.15, 0.2) is 11.1 Å². The van der Waals surface area contributed by atoms with Crippen LogP contribution >= 0.6 is 27.3 Å². The molecule has 134 valence electrons. The van der Waals surface area contributed by atoms with Gasteiger partial charge in [-0.25, -0.2) is 4.98 Å². The molecule has 1 aliphatic carbocycles. The molecule has 0 unspecified atom stereocenters. The number of halogens is 1. The molecule has 0 amide bonds. The summed E-state index contributed by atoms with van der Waals surface area (Å²) in [6.45, 7) is 1.57. The molecule has 25 heavy (non-hydrogen) atoms. The summed E-state index contributed by atoms with van der Waals surface area (Å²) in [6.07, 6.45) is 2.43. The van der Waals surface area contributed by atoms with E-state index in [1.807, 2.05) is 19.0 Å². The van der Waals surface area contributed by atoms with E-state index in [-0.39, 0.29) is 5.41 Å². The zero-order valence-corrected chi connectivity index (χ0v) is 17.2. The van der Waals surface area contributed by atoms with E-state index in [0.717, 1.165) is 27.8 Å². The summed E-state index contributed by atoms with van der Waals surface area (Å²) in [4.78, 5) is 10.9. The van der Waals surface area contributed by atoms with Crippen molar-refractivity contribution in [1.29, 1.82) is 0 Å². The first-order valence-electron chi connectivity index (χ1n) is 8.35. The molecule has 7 heteroatoms. The van der Waals surface area contributed by atoms with Gasteiger partial charge in [-0.1, -0.05) is 28.1 Å². The maximum absolute atomic E-state index is 4.59. The Hall–Kier alpha value is -1.60. The van der Waals surface area contributed by atoms with Crippen LogP contribution in [-0.4, -0.2) is 38.6 Å². The van der Waals surface area contributed by atoms with Crippen LogP contribution in [0, 0.1) is 0 Å². The molecule has 1 saturated carbocycles. The lowest BCUT2D eigenvalue weighted by molar-refractivity contribution is 0.644. The highest BCUT2D eigenvalue weighted by molar-refractivity contribution is 9.10.